The van der Waals surface area contributed by atoms with Gasteiger partial charge in [-0.2, -0.15) is 0 Å². The highest BCUT2D eigenvalue weighted by molar-refractivity contribution is 9.10. The Bertz CT molecular complexity index is 525. The lowest BCUT2D eigenvalue weighted by atomic mass is 10.0. The Hall–Kier alpha value is -1.19. The predicted molar refractivity (Wildman–Crippen MR) is 80.4 cm³/mol. The smallest absolute Gasteiger partial charge is 0.123 e. The number of hydrogen-bond donors (Lipinski definition) is 1. The number of rotatable bonds is 5. The van der Waals surface area contributed by atoms with Crippen LogP contribution in [0.15, 0.2) is 53.0 Å². The van der Waals surface area contributed by atoms with E-state index in [2.05, 4.69) is 40.3 Å². The molecule has 1 atom stereocenters. The molecule has 1 unspecified atom stereocenters. The molecule has 0 saturated carbocycles. The van der Waals surface area contributed by atoms with Gasteiger partial charge in [0.1, 0.15) is 5.82 Å². The van der Waals surface area contributed by atoms with Crippen molar-refractivity contribution in [1.82, 2.24) is 5.32 Å². The highest BCUT2D eigenvalue weighted by Gasteiger charge is 2.09. The Balaban J connectivity index is 2.01. The molecule has 0 bridgehead atoms. The second-order valence-corrected chi connectivity index (χ2v) is 5.44. The fraction of sp³-hybridized carbons (Fsp3) is 0.250. The minimum absolute atomic E-state index is 0.179. The molecule has 0 spiro atoms. The molecule has 0 heterocycles. The van der Waals surface area contributed by atoms with E-state index >= 15 is 0 Å². The SMILES string of the molecule is CCC(NCc1ccc(Br)cc1)c1cccc(F)c1. The Kier molecular flexibility index (Phi) is 5.11. The standard InChI is InChI=1S/C16H17BrFN/c1-2-16(13-4-3-5-15(18)10-13)19-11-12-6-8-14(17)9-7-12/h3-10,16,19H,2,11H2,1H3. The zero-order valence-electron chi connectivity index (χ0n) is 10.9. The summed E-state index contributed by atoms with van der Waals surface area (Å²) >= 11 is 3.42. The monoisotopic (exact) mass is 321 g/mol. The lowest BCUT2D eigenvalue weighted by Gasteiger charge is -2.17. The maximum Gasteiger partial charge on any atom is 0.123 e. The van der Waals surface area contributed by atoms with E-state index in [0.717, 1.165) is 23.0 Å². The van der Waals surface area contributed by atoms with Crippen LogP contribution in [0.3, 0.4) is 0 Å². The topological polar surface area (TPSA) is 12.0 Å². The molecule has 0 aliphatic rings. The van der Waals surface area contributed by atoms with Crippen molar-refractivity contribution in [2.75, 3.05) is 0 Å². The molecular formula is C16H17BrFN. The fourth-order valence-electron chi connectivity index (χ4n) is 2.06. The average molecular weight is 322 g/mol. The quantitative estimate of drug-likeness (QED) is 0.831. The van der Waals surface area contributed by atoms with Crippen molar-refractivity contribution in [2.24, 2.45) is 0 Å². The van der Waals surface area contributed by atoms with Gasteiger partial charge < -0.3 is 5.32 Å². The summed E-state index contributed by atoms with van der Waals surface area (Å²) in [6.07, 6.45) is 0.931. The third-order valence-corrected chi connectivity index (χ3v) is 3.65. The normalized spacial score (nSPS) is 12.4. The number of benzene rings is 2. The highest BCUT2D eigenvalue weighted by atomic mass is 79.9. The van der Waals surface area contributed by atoms with E-state index in [4.69, 9.17) is 0 Å². The van der Waals surface area contributed by atoms with Gasteiger partial charge in [-0.3, -0.25) is 0 Å². The molecule has 1 nitrogen and oxygen atoms in total. The van der Waals surface area contributed by atoms with Crippen LogP contribution >= 0.6 is 15.9 Å². The van der Waals surface area contributed by atoms with Crippen molar-refractivity contribution >= 4 is 15.9 Å². The van der Waals surface area contributed by atoms with Crippen LogP contribution < -0.4 is 5.32 Å². The average Bonchev–Trinajstić information content (AvgIpc) is 2.42. The minimum Gasteiger partial charge on any atom is -0.306 e. The van der Waals surface area contributed by atoms with Gasteiger partial charge in [0.2, 0.25) is 0 Å². The first kappa shape index (κ1) is 14.2. The zero-order valence-corrected chi connectivity index (χ0v) is 12.5. The van der Waals surface area contributed by atoms with E-state index in [9.17, 15) is 4.39 Å². The maximum atomic E-state index is 13.2. The van der Waals surface area contributed by atoms with Gasteiger partial charge in [0.25, 0.3) is 0 Å². The molecular weight excluding hydrogens is 305 g/mol. The van der Waals surface area contributed by atoms with Crippen LogP contribution in [-0.4, -0.2) is 0 Å². The highest BCUT2D eigenvalue weighted by Crippen LogP contribution is 2.18. The lowest BCUT2D eigenvalue weighted by molar-refractivity contribution is 0.514. The molecule has 3 heteroatoms. The molecule has 0 aliphatic carbocycles. The van der Waals surface area contributed by atoms with E-state index in [1.54, 1.807) is 12.1 Å². The van der Waals surface area contributed by atoms with Crippen LogP contribution in [-0.2, 0) is 6.54 Å². The summed E-state index contributed by atoms with van der Waals surface area (Å²) < 4.78 is 14.3. The lowest BCUT2D eigenvalue weighted by Crippen LogP contribution is -2.20. The van der Waals surface area contributed by atoms with Gasteiger partial charge in [-0.25, -0.2) is 4.39 Å². The van der Waals surface area contributed by atoms with Crippen molar-refractivity contribution in [1.29, 1.82) is 0 Å². The van der Waals surface area contributed by atoms with Crippen molar-refractivity contribution in [2.45, 2.75) is 25.9 Å². The fourth-order valence-corrected chi connectivity index (χ4v) is 2.33. The Morgan fingerprint density at radius 1 is 1.16 bits per heavy atom. The minimum atomic E-state index is -0.179. The summed E-state index contributed by atoms with van der Waals surface area (Å²) in [6.45, 7) is 2.88. The number of halogens is 2. The van der Waals surface area contributed by atoms with Gasteiger partial charge in [-0.15, -0.1) is 0 Å². The maximum absolute atomic E-state index is 13.2. The first-order valence-electron chi connectivity index (χ1n) is 6.42. The molecule has 2 aromatic rings. The van der Waals surface area contributed by atoms with Crippen LogP contribution in [0.2, 0.25) is 0 Å². The zero-order chi connectivity index (χ0) is 13.7. The van der Waals surface area contributed by atoms with Gasteiger partial charge in [0.15, 0.2) is 0 Å². The predicted octanol–water partition coefficient (Wildman–Crippen LogP) is 4.83. The molecule has 2 aromatic carbocycles. The van der Waals surface area contributed by atoms with Crippen LogP contribution in [0.1, 0.15) is 30.5 Å². The second-order valence-electron chi connectivity index (χ2n) is 4.52. The van der Waals surface area contributed by atoms with E-state index in [1.165, 1.54) is 11.6 Å². The van der Waals surface area contributed by atoms with Crippen molar-refractivity contribution < 1.29 is 4.39 Å². The molecule has 0 fully saturated rings. The van der Waals surface area contributed by atoms with E-state index < -0.39 is 0 Å². The Morgan fingerprint density at radius 2 is 1.89 bits per heavy atom. The van der Waals surface area contributed by atoms with E-state index in [-0.39, 0.29) is 11.9 Å². The number of hydrogen-bond acceptors (Lipinski definition) is 1. The van der Waals surface area contributed by atoms with Gasteiger partial charge in [0.05, 0.1) is 0 Å². The summed E-state index contributed by atoms with van der Waals surface area (Å²) in [6, 6.07) is 15.2. The van der Waals surface area contributed by atoms with E-state index in [1.807, 2.05) is 18.2 Å². The van der Waals surface area contributed by atoms with Gasteiger partial charge in [0, 0.05) is 17.1 Å². The Morgan fingerprint density at radius 3 is 2.53 bits per heavy atom. The molecule has 0 saturated heterocycles. The third-order valence-electron chi connectivity index (χ3n) is 3.13. The Labute approximate surface area is 122 Å². The van der Waals surface area contributed by atoms with E-state index in [0.29, 0.717) is 0 Å². The first-order chi connectivity index (χ1) is 9.19. The van der Waals surface area contributed by atoms with Crippen molar-refractivity contribution in [3.8, 4) is 0 Å². The van der Waals surface area contributed by atoms with Crippen molar-refractivity contribution in [3.63, 3.8) is 0 Å². The summed E-state index contributed by atoms with van der Waals surface area (Å²) in [7, 11) is 0. The van der Waals surface area contributed by atoms with Gasteiger partial charge in [-0.05, 0) is 41.8 Å². The second kappa shape index (κ2) is 6.83. The summed E-state index contributed by atoms with van der Waals surface area (Å²) in [4.78, 5) is 0. The van der Waals surface area contributed by atoms with Crippen LogP contribution in [0.4, 0.5) is 4.39 Å². The first-order valence-corrected chi connectivity index (χ1v) is 7.21. The number of nitrogens with one attached hydrogen (secondary N) is 1. The summed E-state index contributed by atoms with van der Waals surface area (Å²) in [5, 5.41) is 3.47. The summed E-state index contributed by atoms with van der Waals surface area (Å²) in [5.41, 5.74) is 2.22. The molecule has 1 N–H and O–H groups in total. The van der Waals surface area contributed by atoms with Gasteiger partial charge >= 0.3 is 0 Å². The third kappa shape index (κ3) is 4.15. The summed E-state index contributed by atoms with van der Waals surface area (Å²) in [5.74, 6) is -0.179. The largest absolute Gasteiger partial charge is 0.306 e. The molecule has 0 aromatic heterocycles. The molecule has 19 heavy (non-hydrogen) atoms. The van der Waals surface area contributed by atoms with Crippen LogP contribution in [0.5, 0.6) is 0 Å². The van der Waals surface area contributed by atoms with Crippen LogP contribution in [0, 0.1) is 5.82 Å². The van der Waals surface area contributed by atoms with Crippen LogP contribution in [0.25, 0.3) is 0 Å². The molecule has 0 radical (unpaired) electrons. The van der Waals surface area contributed by atoms with Crippen molar-refractivity contribution in [3.05, 3.63) is 69.9 Å². The molecule has 100 valence electrons. The molecule has 2 rings (SSSR count). The molecule has 0 aliphatic heterocycles. The van der Waals surface area contributed by atoms with Gasteiger partial charge in [-0.1, -0.05) is 47.1 Å². The molecule has 0 amide bonds.